The number of benzene rings is 3. The van der Waals surface area contributed by atoms with Crippen molar-refractivity contribution >= 4 is 23.4 Å². The van der Waals surface area contributed by atoms with Gasteiger partial charge in [-0.05, 0) is 36.2 Å². The Hall–Kier alpha value is -3.84. The number of amides is 1. The maximum absolute atomic E-state index is 13.1. The van der Waals surface area contributed by atoms with Crippen LogP contribution in [0, 0.1) is 12.5 Å². The summed E-state index contributed by atoms with van der Waals surface area (Å²) < 4.78 is 5.24. The van der Waals surface area contributed by atoms with Crippen molar-refractivity contribution in [1.82, 2.24) is 0 Å². The minimum Gasteiger partial charge on any atom is -0.497 e. The highest BCUT2D eigenvalue weighted by atomic mass is 16.5. The summed E-state index contributed by atoms with van der Waals surface area (Å²) in [7, 11) is 1.63. The summed E-state index contributed by atoms with van der Waals surface area (Å²) in [6.45, 7) is 7.23. The van der Waals surface area contributed by atoms with Gasteiger partial charge in [-0.1, -0.05) is 72.3 Å². The molecule has 0 bridgehead atoms. The Kier molecular flexibility index (Phi) is 5.63. The van der Waals surface area contributed by atoms with E-state index in [9.17, 15) is 4.79 Å². The molecular weight excluding hydrogens is 372 g/mol. The number of methoxy groups -OCH3 is 1. The number of hydrogen-bond donors (Lipinski definition) is 0. The van der Waals surface area contributed by atoms with Gasteiger partial charge in [-0.2, -0.15) is 0 Å². The molecule has 148 valence electrons. The minimum atomic E-state index is -0.159. The van der Waals surface area contributed by atoms with Crippen molar-refractivity contribution in [2.45, 2.75) is 12.5 Å². The molecule has 3 aromatic carbocycles. The molecule has 1 heterocycles. The number of β-lactam (4-membered cyclic amide) rings is 1. The van der Waals surface area contributed by atoms with Gasteiger partial charge in [0, 0.05) is 5.69 Å². The fourth-order valence-electron chi connectivity index (χ4n) is 3.82. The van der Waals surface area contributed by atoms with Crippen molar-refractivity contribution in [3.63, 3.8) is 0 Å². The highest BCUT2D eigenvalue weighted by Gasteiger charge is 2.46. The number of hydrogen-bond acceptors (Lipinski definition) is 2. The highest BCUT2D eigenvalue weighted by Crippen LogP contribution is 2.37. The minimum absolute atomic E-state index is 0.0531. The summed E-state index contributed by atoms with van der Waals surface area (Å²) in [6.07, 6.45) is 4.78. The number of rotatable bonds is 6. The maximum atomic E-state index is 13.1. The van der Waals surface area contributed by atoms with Crippen LogP contribution < -0.4 is 9.64 Å². The third kappa shape index (κ3) is 3.97. The van der Waals surface area contributed by atoms with E-state index in [1.165, 1.54) is 0 Å². The molecule has 1 amide bonds. The monoisotopic (exact) mass is 394 g/mol. The zero-order valence-electron chi connectivity index (χ0n) is 16.7. The summed E-state index contributed by atoms with van der Waals surface area (Å²) in [6, 6.07) is 25.1. The van der Waals surface area contributed by atoms with Gasteiger partial charge < -0.3 is 9.64 Å². The van der Waals surface area contributed by atoms with E-state index < -0.39 is 0 Å². The Morgan fingerprint density at radius 2 is 1.80 bits per heavy atom. The first-order chi connectivity index (χ1) is 14.7. The lowest BCUT2D eigenvalue weighted by Crippen LogP contribution is -2.61. The van der Waals surface area contributed by atoms with Crippen LogP contribution in [0.4, 0.5) is 11.4 Å². The summed E-state index contributed by atoms with van der Waals surface area (Å²) in [4.78, 5) is 18.4. The molecule has 1 saturated heterocycles. The lowest BCUT2D eigenvalue weighted by atomic mass is 9.81. The molecule has 0 aliphatic carbocycles. The Morgan fingerprint density at radius 1 is 1.03 bits per heavy atom. The molecule has 30 heavy (non-hydrogen) atoms. The first kappa shape index (κ1) is 19.5. The van der Waals surface area contributed by atoms with Gasteiger partial charge in [0.2, 0.25) is 5.91 Å². The summed E-state index contributed by atoms with van der Waals surface area (Å²) in [5.41, 5.74) is 3.56. The van der Waals surface area contributed by atoms with Gasteiger partial charge in [-0.3, -0.25) is 4.79 Å². The molecule has 0 unspecified atom stereocenters. The van der Waals surface area contributed by atoms with Gasteiger partial charge in [0.25, 0.3) is 0 Å². The zero-order valence-corrected chi connectivity index (χ0v) is 16.7. The molecule has 0 saturated carbocycles. The number of carbonyl (C=O) groups is 1. The van der Waals surface area contributed by atoms with E-state index in [0.717, 1.165) is 22.6 Å². The van der Waals surface area contributed by atoms with Crippen molar-refractivity contribution in [2.75, 3.05) is 12.0 Å². The van der Waals surface area contributed by atoms with Crippen molar-refractivity contribution in [3.05, 3.63) is 107 Å². The topological polar surface area (TPSA) is 33.9 Å². The molecule has 4 rings (SSSR count). The lowest BCUT2D eigenvalue weighted by Gasteiger charge is -2.46. The van der Waals surface area contributed by atoms with E-state index in [0.29, 0.717) is 12.1 Å². The third-order valence-corrected chi connectivity index (χ3v) is 5.40. The standard InChI is InChI=1S/C26H22N2O2/c1-27-21-10-6-9-20(17-21)18-24-25(16-11-19-7-4-3-5-8-19)28(26(24)29)22-12-14-23(30-2)15-13-22/h3-17,24-25H,18H2,2H3/t24-,25-/m1/s1. The molecule has 4 nitrogen and oxygen atoms in total. The zero-order chi connectivity index (χ0) is 20.9. The first-order valence-electron chi connectivity index (χ1n) is 9.86. The molecule has 1 fully saturated rings. The average Bonchev–Trinajstić information content (AvgIpc) is 2.81. The van der Waals surface area contributed by atoms with Crippen molar-refractivity contribution in [2.24, 2.45) is 5.92 Å². The van der Waals surface area contributed by atoms with E-state index in [1.54, 1.807) is 13.2 Å². The van der Waals surface area contributed by atoms with Crippen molar-refractivity contribution in [1.29, 1.82) is 0 Å². The molecule has 2 atom stereocenters. The van der Waals surface area contributed by atoms with Crippen LogP contribution in [0.1, 0.15) is 11.1 Å². The van der Waals surface area contributed by atoms with E-state index in [4.69, 9.17) is 11.3 Å². The molecule has 0 aromatic heterocycles. The third-order valence-electron chi connectivity index (χ3n) is 5.40. The average molecular weight is 394 g/mol. The predicted molar refractivity (Wildman–Crippen MR) is 120 cm³/mol. The molecule has 1 aliphatic rings. The normalized spacial score (nSPS) is 18.1. The number of nitrogens with zero attached hydrogens (tertiary/aromatic N) is 2. The van der Waals surface area contributed by atoms with Crippen LogP contribution in [0.15, 0.2) is 84.9 Å². The molecular formula is C26H22N2O2. The van der Waals surface area contributed by atoms with Crippen LogP contribution in [0.25, 0.3) is 10.9 Å². The lowest BCUT2D eigenvalue weighted by molar-refractivity contribution is -0.128. The second kappa shape index (κ2) is 8.67. The smallest absolute Gasteiger partial charge is 0.233 e. The Labute approximate surface area is 176 Å². The van der Waals surface area contributed by atoms with Gasteiger partial charge in [-0.15, -0.1) is 0 Å². The van der Waals surface area contributed by atoms with Gasteiger partial charge in [0.1, 0.15) is 5.75 Å². The van der Waals surface area contributed by atoms with E-state index >= 15 is 0 Å². The van der Waals surface area contributed by atoms with Gasteiger partial charge >= 0.3 is 0 Å². The van der Waals surface area contributed by atoms with Crippen molar-refractivity contribution < 1.29 is 9.53 Å². The Morgan fingerprint density at radius 3 is 2.50 bits per heavy atom. The fourth-order valence-corrected chi connectivity index (χ4v) is 3.82. The van der Waals surface area contributed by atoms with E-state index in [1.807, 2.05) is 77.7 Å². The molecule has 4 heteroatoms. The van der Waals surface area contributed by atoms with Crippen LogP contribution in [0.5, 0.6) is 5.75 Å². The second-order valence-corrected chi connectivity index (χ2v) is 7.26. The van der Waals surface area contributed by atoms with E-state index in [-0.39, 0.29) is 17.9 Å². The Balaban J connectivity index is 1.62. The summed E-state index contributed by atoms with van der Waals surface area (Å²) in [5, 5.41) is 0. The predicted octanol–water partition coefficient (Wildman–Crippen LogP) is 5.53. The molecule has 0 radical (unpaired) electrons. The van der Waals surface area contributed by atoms with Crippen LogP contribution in [0.2, 0.25) is 0 Å². The number of anilines is 1. The van der Waals surface area contributed by atoms with Crippen LogP contribution in [-0.4, -0.2) is 19.1 Å². The summed E-state index contributed by atoms with van der Waals surface area (Å²) >= 11 is 0. The highest BCUT2D eigenvalue weighted by molar-refractivity contribution is 6.04. The van der Waals surface area contributed by atoms with Crippen LogP contribution in [-0.2, 0) is 11.2 Å². The number of ether oxygens (including phenoxy) is 1. The molecule has 1 aliphatic heterocycles. The second-order valence-electron chi connectivity index (χ2n) is 7.26. The van der Waals surface area contributed by atoms with Crippen molar-refractivity contribution in [3.8, 4) is 5.75 Å². The van der Waals surface area contributed by atoms with Crippen LogP contribution in [0.3, 0.4) is 0 Å². The Bertz CT molecular complexity index is 1100. The molecule has 3 aromatic rings. The largest absolute Gasteiger partial charge is 0.497 e. The first-order valence-corrected chi connectivity index (χ1v) is 9.86. The summed E-state index contributed by atoms with van der Waals surface area (Å²) in [5.74, 6) is 0.694. The maximum Gasteiger partial charge on any atom is 0.233 e. The molecule has 0 spiro atoms. The fraction of sp³-hybridized carbons (Fsp3) is 0.154. The molecule has 0 N–H and O–H groups in total. The van der Waals surface area contributed by atoms with E-state index in [2.05, 4.69) is 17.0 Å². The quantitative estimate of drug-likeness (QED) is 0.407. The van der Waals surface area contributed by atoms with Crippen LogP contribution >= 0.6 is 0 Å². The SMILES string of the molecule is [C-]#[N+]c1cccc(C[C@H]2C(=O)N(c3ccc(OC)cc3)[C@@H]2C=Cc2ccccc2)c1. The van der Waals surface area contributed by atoms with Gasteiger partial charge in [0.05, 0.1) is 25.6 Å². The van der Waals surface area contributed by atoms with Gasteiger partial charge in [-0.25, -0.2) is 4.85 Å². The van der Waals surface area contributed by atoms with Gasteiger partial charge in [0.15, 0.2) is 5.69 Å². The number of carbonyl (C=O) groups excluding carboxylic acids is 1.